The summed E-state index contributed by atoms with van der Waals surface area (Å²) in [6, 6.07) is 9.22. The van der Waals surface area contributed by atoms with Crippen LogP contribution < -0.4 is 10.6 Å². The molecule has 3 nitrogen and oxygen atoms in total. The molecule has 1 heterocycles. The molecule has 0 spiro atoms. The molecule has 2 N–H and O–H groups in total. The number of aryl methyl sites for hydroxylation is 1. The van der Waals surface area contributed by atoms with E-state index >= 15 is 0 Å². The molecule has 6 heteroatoms. The second-order valence-electron chi connectivity index (χ2n) is 4.28. The molecule has 0 aliphatic heterocycles. The van der Waals surface area contributed by atoms with E-state index in [2.05, 4.69) is 10.6 Å². The molecule has 1 aromatic heterocycles. The van der Waals surface area contributed by atoms with Gasteiger partial charge >= 0.3 is 0 Å². The van der Waals surface area contributed by atoms with E-state index in [0.29, 0.717) is 28.2 Å². The van der Waals surface area contributed by atoms with Gasteiger partial charge in [-0.25, -0.2) is 0 Å². The predicted octanol–water partition coefficient (Wildman–Crippen LogP) is 4.06. The maximum Gasteiger partial charge on any atom is 0.166 e. The number of hydrogen-bond donors (Lipinski definition) is 2. The van der Waals surface area contributed by atoms with Gasteiger partial charge in [0.1, 0.15) is 11.5 Å². The lowest BCUT2D eigenvalue weighted by Crippen LogP contribution is -2.34. The number of rotatable bonds is 4. The fraction of sp³-hybridized carbons (Fsp3) is 0.214. The van der Waals surface area contributed by atoms with Gasteiger partial charge < -0.3 is 15.1 Å². The van der Waals surface area contributed by atoms with Crippen LogP contribution in [0.4, 0.5) is 0 Å². The summed E-state index contributed by atoms with van der Waals surface area (Å²) in [6.45, 7) is 3.00. The van der Waals surface area contributed by atoms with Crippen molar-refractivity contribution in [3.63, 3.8) is 0 Å². The van der Waals surface area contributed by atoms with Crippen LogP contribution in [0.15, 0.2) is 34.7 Å². The molecule has 0 radical (unpaired) electrons. The quantitative estimate of drug-likeness (QED) is 0.830. The maximum absolute atomic E-state index is 6.09. The largest absolute Gasteiger partial charge is 0.465 e. The molecular formula is C14H14Cl2N2OS. The van der Waals surface area contributed by atoms with Crippen molar-refractivity contribution in [2.45, 2.75) is 20.0 Å². The van der Waals surface area contributed by atoms with Crippen LogP contribution in [0.2, 0.25) is 10.0 Å². The number of halogens is 2. The molecule has 0 bridgehead atoms. The van der Waals surface area contributed by atoms with Crippen LogP contribution in [0, 0.1) is 6.92 Å². The summed E-state index contributed by atoms with van der Waals surface area (Å²) in [7, 11) is 0. The van der Waals surface area contributed by atoms with Gasteiger partial charge in [-0.3, -0.25) is 0 Å². The Labute approximate surface area is 133 Å². The van der Waals surface area contributed by atoms with Crippen molar-refractivity contribution in [1.82, 2.24) is 10.6 Å². The van der Waals surface area contributed by atoms with E-state index in [1.54, 1.807) is 12.1 Å². The van der Waals surface area contributed by atoms with Gasteiger partial charge in [0.15, 0.2) is 5.11 Å². The summed E-state index contributed by atoms with van der Waals surface area (Å²) >= 11 is 17.1. The molecule has 0 saturated carbocycles. The fourth-order valence-electron chi connectivity index (χ4n) is 1.65. The highest BCUT2D eigenvalue weighted by molar-refractivity contribution is 7.80. The number of hydrogen-bond acceptors (Lipinski definition) is 2. The number of benzene rings is 1. The maximum atomic E-state index is 6.09. The van der Waals surface area contributed by atoms with Gasteiger partial charge in [0.25, 0.3) is 0 Å². The third-order valence-corrected chi connectivity index (χ3v) is 3.55. The Morgan fingerprint density at radius 2 is 1.90 bits per heavy atom. The lowest BCUT2D eigenvalue weighted by atomic mass is 10.2. The molecular weight excluding hydrogens is 315 g/mol. The molecule has 106 valence electrons. The average Bonchev–Trinajstić information content (AvgIpc) is 2.81. The van der Waals surface area contributed by atoms with Crippen LogP contribution in [-0.4, -0.2) is 5.11 Å². The van der Waals surface area contributed by atoms with E-state index in [9.17, 15) is 0 Å². The number of nitrogens with one attached hydrogen (secondary N) is 2. The van der Waals surface area contributed by atoms with Crippen molar-refractivity contribution in [2.24, 2.45) is 0 Å². The average molecular weight is 329 g/mol. The zero-order chi connectivity index (χ0) is 14.5. The summed E-state index contributed by atoms with van der Waals surface area (Å²) in [5, 5.41) is 7.94. The van der Waals surface area contributed by atoms with Gasteiger partial charge in [0.05, 0.1) is 6.54 Å². The highest BCUT2D eigenvalue weighted by atomic mass is 35.5. The third-order valence-electron chi connectivity index (χ3n) is 2.67. The van der Waals surface area contributed by atoms with E-state index < -0.39 is 0 Å². The number of furan rings is 1. The van der Waals surface area contributed by atoms with Gasteiger partial charge in [-0.1, -0.05) is 29.3 Å². The Balaban J connectivity index is 1.80. The Hall–Kier alpha value is -1.23. The smallest absolute Gasteiger partial charge is 0.166 e. The fourth-order valence-corrected chi connectivity index (χ4v) is 2.27. The summed E-state index contributed by atoms with van der Waals surface area (Å²) in [4.78, 5) is 0. The topological polar surface area (TPSA) is 37.2 Å². The van der Waals surface area contributed by atoms with Crippen molar-refractivity contribution in [2.75, 3.05) is 0 Å². The summed E-state index contributed by atoms with van der Waals surface area (Å²) in [5.41, 5.74) is 0.939. The van der Waals surface area contributed by atoms with Crippen LogP contribution in [0.25, 0.3) is 0 Å². The standard InChI is InChI=1S/C14H14Cl2N2OS/c1-9-2-5-12(19-9)8-18-14(20)17-7-10-3-4-11(15)6-13(10)16/h2-6H,7-8H2,1H3,(H2,17,18,20). The van der Waals surface area contributed by atoms with E-state index in [0.717, 1.165) is 17.1 Å². The molecule has 0 aliphatic rings. The molecule has 1 aromatic carbocycles. The van der Waals surface area contributed by atoms with Gasteiger partial charge in [-0.2, -0.15) is 0 Å². The van der Waals surface area contributed by atoms with E-state index in [1.165, 1.54) is 0 Å². The Morgan fingerprint density at radius 3 is 2.55 bits per heavy atom. The Bertz CT molecular complexity index is 613. The normalized spacial score (nSPS) is 10.3. The van der Waals surface area contributed by atoms with Crippen LogP contribution >= 0.6 is 35.4 Å². The molecule has 0 amide bonds. The predicted molar refractivity (Wildman–Crippen MR) is 86.2 cm³/mol. The molecule has 2 rings (SSSR count). The summed E-state index contributed by atoms with van der Waals surface area (Å²) < 4.78 is 5.44. The molecule has 2 aromatic rings. The molecule has 0 fully saturated rings. The first-order valence-electron chi connectivity index (χ1n) is 6.05. The summed E-state index contributed by atoms with van der Waals surface area (Å²) in [6.07, 6.45) is 0. The molecule has 20 heavy (non-hydrogen) atoms. The Kier molecular flexibility index (Phi) is 5.29. The zero-order valence-corrected chi connectivity index (χ0v) is 13.2. The highest BCUT2D eigenvalue weighted by Crippen LogP contribution is 2.20. The minimum atomic E-state index is 0.541. The second kappa shape index (κ2) is 6.97. The van der Waals surface area contributed by atoms with Gasteiger partial charge in [0.2, 0.25) is 0 Å². The van der Waals surface area contributed by atoms with Crippen LogP contribution in [-0.2, 0) is 13.1 Å². The minimum Gasteiger partial charge on any atom is -0.465 e. The van der Waals surface area contributed by atoms with E-state index in [-0.39, 0.29) is 0 Å². The lowest BCUT2D eigenvalue weighted by molar-refractivity contribution is 0.477. The molecule has 0 saturated heterocycles. The van der Waals surface area contributed by atoms with Crippen LogP contribution in [0.5, 0.6) is 0 Å². The second-order valence-corrected chi connectivity index (χ2v) is 5.54. The van der Waals surface area contributed by atoms with Crippen molar-refractivity contribution in [1.29, 1.82) is 0 Å². The molecule has 0 unspecified atom stereocenters. The van der Waals surface area contributed by atoms with E-state index in [4.69, 9.17) is 39.8 Å². The third kappa shape index (κ3) is 4.40. The first-order chi connectivity index (χ1) is 9.54. The SMILES string of the molecule is Cc1ccc(CNC(=S)NCc2ccc(Cl)cc2Cl)o1. The van der Waals surface area contributed by atoms with Gasteiger partial charge in [0, 0.05) is 16.6 Å². The first kappa shape index (κ1) is 15.2. The van der Waals surface area contributed by atoms with Crippen molar-refractivity contribution < 1.29 is 4.42 Å². The van der Waals surface area contributed by atoms with E-state index in [1.807, 2.05) is 25.1 Å². The van der Waals surface area contributed by atoms with Crippen LogP contribution in [0.3, 0.4) is 0 Å². The van der Waals surface area contributed by atoms with Crippen molar-refractivity contribution in [3.05, 3.63) is 57.5 Å². The van der Waals surface area contributed by atoms with Crippen molar-refractivity contribution >= 4 is 40.5 Å². The first-order valence-corrected chi connectivity index (χ1v) is 7.22. The zero-order valence-electron chi connectivity index (χ0n) is 10.9. The van der Waals surface area contributed by atoms with Gasteiger partial charge in [-0.05, 0) is 49.0 Å². The molecule has 0 aliphatic carbocycles. The molecule has 0 atom stereocenters. The van der Waals surface area contributed by atoms with Crippen molar-refractivity contribution in [3.8, 4) is 0 Å². The summed E-state index contributed by atoms with van der Waals surface area (Å²) in [5.74, 6) is 1.73. The highest BCUT2D eigenvalue weighted by Gasteiger charge is 2.03. The van der Waals surface area contributed by atoms with Gasteiger partial charge in [-0.15, -0.1) is 0 Å². The minimum absolute atomic E-state index is 0.541. The number of thiocarbonyl (C=S) groups is 1. The Morgan fingerprint density at radius 1 is 1.15 bits per heavy atom. The monoisotopic (exact) mass is 328 g/mol. The van der Waals surface area contributed by atoms with Crippen LogP contribution in [0.1, 0.15) is 17.1 Å². The lowest BCUT2D eigenvalue weighted by Gasteiger charge is -2.10.